The van der Waals surface area contributed by atoms with Crippen LogP contribution in [-0.4, -0.2) is 11.7 Å². The fourth-order valence-electron chi connectivity index (χ4n) is 1.98. The molecule has 0 fully saturated rings. The summed E-state index contributed by atoms with van der Waals surface area (Å²) in [4.78, 5) is 0. The quantitative estimate of drug-likeness (QED) is 0.758. The van der Waals surface area contributed by atoms with Gasteiger partial charge in [0.2, 0.25) is 0 Å². The second-order valence-corrected chi connectivity index (χ2v) is 4.69. The molecule has 0 aliphatic heterocycles. The van der Waals surface area contributed by atoms with Gasteiger partial charge in [-0.1, -0.05) is 37.3 Å². The highest BCUT2D eigenvalue weighted by molar-refractivity contribution is 5.38. The fraction of sp³-hybridized carbons (Fsp3) is 0.294. The van der Waals surface area contributed by atoms with Crippen molar-refractivity contribution in [1.29, 1.82) is 0 Å². The lowest BCUT2D eigenvalue weighted by Crippen LogP contribution is -2.14. The number of para-hydroxylation sites is 1. The van der Waals surface area contributed by atoms with Gasteiger partial charge < -0.3 is 15.2 Å². The third-order valence-corrected chi connectivity index (χ3v) is 3.02. The van der Waals surface area contributed by atoms with Crippen molar-refractivity contribution in [3.8, 4) is 11.5 Å². The molecule has 0 heterocycles. The van der Waals surface area contributed by atoms with E-state index in [1.54, 1.807) is 0 Å². The lowest BCUT2D eigenvalue weighted by molar-refractivity contribution is 0.281. The van der Waals surface area contributed by atoms with Crippen LogP contribution in [0, 0.1) is 0 Å². The van der Waals surface area contributed by atoms with E-state index in [4.69, 9.17) is 9.84 Å². The van der Waals surface area contributed by atoms with Crippen LogP contribution in [0.15, 0.2) is 48.5 Å². The van der Waals surface area contributed by atoms with Gasteiger partial charge in [0, 0.05) is 12.1 Å². The lowest BCUT2D eigenvalue weighted by atomic mass is 10.2. The second-order valence-electron chi connectivity index (χ2n) is 4.69. The van der Waals surface area contributed by atoms with Crippen LogP contribution in [-0.2, 0) is 13.2 Å². The number of rotatable bonds is 7. The Bertz CT molecular complexity index is 540. The Morgan fingerprint density at radius 1 is 1.10 bits per heavy atom. The second kappa shape index (κ2) is 7.68. The van der Waals surface area contributed by atoms with Gasteiger partial charge in [-0.2, -0.15) is 0 Å². The van der Waals surface area contributed by atoms with Crippen molar-refractivity contribution >= 4 is 0 Å². The molecule has 106 valence electrons. The maximum atomic E-state index is 9.16. The van der Waals surface area contributed by atoms with E-state index in [-0.39, 0.29) is 6.61 Å². The molecule has 2 N–H and O–H groups in total. The van der Waals surface area contributed by atoms with Crippen LogP contribution < -0.4 is 10.1 Å². The molecule has 2 rings (SSSR count). The summed E-state index contributed by atoms with van der Waals surface area (Å²) in [6.07, 6.45) is 1.11. The summed E-state index contributed by atoms with van der Waals surface area (Å²) in [6.45, 7) is 3.96. The standard InChI is InChI=1S/C17H21NO2/c1-2-10-18-12-15-7-3-4-9-17(15)20-16-8-5-6-14(11-16)13-19/h3-9,11,18-19H,2,10,12-13H2,1H3. The van der Waals surface area contributed by atoms with Gasteiger partial charge in [0.05, 0.1) is 6.61 Å². The Morgan fingerprint density at radius 3 is 2.75 bits per heavy atom. The Hall–Kier alpha value is -1.84. The topological polar surface area (TPSA) is 41.5 Å². The Balaban J connectivity index is 2.11. The first-order chi connectivity index (χ1) is 9.83. The van der Waals surface area contributed by atoms with Gasteiger partial charge in [0.15, 0.2) is 0 Å². The van der Waals surface area contributed by atoms with E-state index in [0.717, 1.165) is 42.1 Å². The van der Waals surface area contributed by atoms with Gasteiger partial charge in [0.25, 0.3) is 0 Å². The van der Waals surface area contributed by atoms with Crippen LogP contribution in [0.2, 0.25) is 0 Å². The van der Waals surface area contributed by atoms with E-state index in [2.05, 4.69) is 18.3 Å². The van der Waals surface area contributed by atoms with Crippen molar-refractivity contribution < 1.29 is 9.84 Å². The molecule has 3 nitrogen and oxygen atoms in total. The first kappa shape index (κ1) is 14.6. The molecule has 0 aromatic heterocycles. The van der Waals surface area contributed by atoms with E-state index in [9.17, 15) is 0 Å². The maximum Gasteiger partial charge on any atom is 0.131 e. The molecule has 0 spiro atoms. The molecule has 0 saturated heterocycles. The first-order valence-electron chi connectivity index (χ1n) is 6.99. The summed E-state index contributed by atoms with van der Waals surface area (Å²) in [5.74, 6) is 1.60. The number of ether oxygens (including phenoxy) is 1. The predicted octanol–water partition coefficient (Wildman–Crippen LogP) is 3.47. The highest BCUT2D eigenvalue weighted by Gasteiger charge is 2.04. The van der Waals surface area contributed by atoms with Crippen LogP contribution in [0.1, 0.15) is 24.5 Å². The third-order valence-electron chi connectivity index (χ3n) is 3.02. The van der Waals surface area contributed by atoms with Crippen LogP contribution >= 0.6 is 0 Å². The van der Waals surface area contributed by atoms with Crippen molar-refractivity contribution in [1.82, 2.24) is 5.32 Å². The van der Waals surface area contributed by atoms with E-state index in [0.29, 0.717) is 0 Å². The van der Waals surface area contributed by atoms with Gasteiger partial charge in [0.1, 0.15) is 11.5 Å². The van der Waals surface area contributed by atoms with Crippen molar-refractivity contribution in [2.45, 2.75) is 26.5 Å². The number of aliphatic hydroxyl groups is 1. The SMILES string of the molecule is CCCNCc1ccccc1Oc1cccc(CO)c1. The lowest BCUT2D eigenvalue weighted by Gasteiger charge is -2.12. The van der Waals surface area contributed by atoms with Crippen molar-refractivity contribution in [3.63, 3.8) is 0 Å². The van der Waals surface area contributed by atoms with Gasteiger partial charge >= 0.3 is 0 Å². The zero-order chi connectivity index (χ0) is 14.2. The normalized spacial score (nSPS) is 10.5. The maximum absolute atomic E-state index is 9.16. The monoisotopic (exact) mass is 271 g/mol. The zero-order valence-corrected chi connectivity index (χ0v) is 11.8. The average molecular weight is 271 g/mol. The molecular formula is C17H21NO2. The summed E-state index contributed by atoms with van der Waals surface area (Å²) in [5, 5.41) is 12.5. The molecule has 20 heavy (non-hydrogen) atoms. The largest absolute Gasteiger partial charge is 0.457 e. The van der Waals surface area contributed by atoms with Crippen molar-refractivity contribution in [2.24, 2.45) is 0 Å². The van der Waals surface area contributed by atoms with Crippen LogP contribution in [0.5, 0.6) is 11.5 Å². The van der Waals surface area contributed by atoms with E-state index >= 15 is 0 Å². The van der Waals surface area contributed by atoms with E-state index in [1.165, 1.54) is 0 Å². The molecule has 0 saturated carbocycles. The summed E-state index contributed by atoms with van der Waals surface area (Å²) < 4.78 is 5.93. The summed E-state index contributed by atoms with van der Waals surface area (Å²) in [5.41, 5.74) is 1.99. The summed E-state index contributed by atoms with van der Waals surface area (Å²) >= 11 is 0. The minimum absolute atomic E-state index is 0.0247. The summed E-state index contributed by atoms with van der Waals surface area (Å²) in [7, 11) is 0. The van der Waals surface area contributed by atoms with Crippen molar-refractivity contribution in [3.05, 3.63) is 59.7 Å². The first-order valence-corrected chi connectivity index (χ1v) is 6.99. The van der Waals surface area contributed by atoms with Crippen molar-refractivity contribution in [2.75, 3.05) is 6.54 Å². The molecule has 0 unspecified atom stereocenters. The number of hydrogen-bond acceptors (Lipinski definition) is 3. The summed E-state index contributed by atoms with van der Waals surface area (Å²) in [6, 6.07) is 15.5. The Kier molecular flexibility index (Phi) is 5.59. The molecule has 0 atom stereocenters. The van der Waals surface area contributed by atoms with Crippen LogP contribution in [0.4, 0.5) is 0 Å². The smallest absolute Gasteiger partial charge is 0.131 e. The highest BCUT2D eigenvalue weighted by atomic mass is 16.5. The molecule has 0 aliphatic carbocycles. The zero-order valence-electron chi connectivity index (χ0n) is 11.8. The molecule has 3 heteroatoms. The highest BCUT2D eigenvalue weighted by Crippen LogP contribution is 2.25. The molecule has 0 amide bonds. The molecular weight excluding hydrogens is 250 g/mol. The molecule has 0 bridgehead atoms. The predicted molar refractivity (Wildman–Crippen MR) is 80.9 cm³/mol. The van der Waals surface area contributed by atoms with Gasteiger partial charge in [-0.25, -0.2) is 0 Å². The molecule has 2 aromatic carbocycles. The fourth-order valence-corrected chi connectivity index (χ4v) is 1.98. The Labute approximate surface area is 120 Å². The third kappa shape index (κ3) is 4.08. The van der Waals surface area contributed by atoms with Gasteiger partial charge in [-0.15, -0.1) is 0 Å². The number of benzene rings is 2. The molecule has 2 aromatic rings. The minimum atomic E-state index is 0.0247. The van der Waals surface area contributed by atoms with Gasteiger partial charge in [-0.3, -0.25) is 0 Å². The average Bonchev–Trinajstić information content (AvgIpc) is 2.49. The minimum Gasteiger partial charge on any atom is -0.457 e. The number of hydrogen-bond donors (Lipinski definition) is 2. The number of aliphatic hydroxyl groups excluding tert-OH is 1. The van der Waals surface area contributed by atoms with Crippen LogP contribution in [0.3, 0.4) is 0 Å². The van der Waals surface area contributed by atoms with E-state index in [1.807, 2.05) is 42.5 Å². The molecule has 0 radical (unpaired) electrons. The van der Waals surface area contributed by atoms with E-state index < -0.39 is 0 Å². The Morgan fingerprint density at radius 2 is 1.95 bits per heavy atom. The van der Waals surface area contributed by atoms with Gasteiger partial charge in [-0.05, 0) is 36.7 Å². The van der Waals surface area contributed by atoms with Crippen LogP contribution in [0.25, 0.3) is 0 Å². The molecule has 0 aliphatic rings. The number of nitrogens with one attached hydrogen (secondary N) is 1.